The first-order valence-corrected chi connectivity index (χ1v) is 7.01. The predicted octanol–water partition coefficient (Wildman–Crippen LogP) is 1.18. The van der Waals surface area contributed by atoms with E-state index in [-0.39, 0.29) is 11.9 Å². The largest absolute Gasteiger partial charge is 0.333 e. The average Bonchev–Trinajstić information content (AvgIpc) is 3.25. The normalized spacial score (nSPS) is 27.4. The van der Waals surface area contributed by atoms with Gasteiger partial charge >= 0.3 is 0 Å². The molecule has 2 aliphatic rings. The Morgan fingerprint density at radius 1 is 1.32 bits per heavy atom. The third kappa shape index (κ3) is 2.61. The Bertz CT molecular complexity index is 469. The molecule has 0 bridgehead atoms. The van der Waals surface area contributed by atoms with Crippen molar-refractivity contribution in [3.05, 3.63) is 23.8 Å². The molecule has 1 N–H and O–H groups in total. The van der Waals surface area contributed by atoms with Gasteiger partial charge in [-0.05, 0) is 26.7 Å². The molecule has 1 aromatic heterocycles. The predicted molar refractivity (Wildman–Crippen MR) is 72.0 cm³/mol. The van der Waals surface area contributed by atoms with Gasteiger partial charge in [-0.3, -0.25) is 4.79 Å². The maximum absolute atomic E-state index is 12.5. The Morgan fingerprint density at radius 2 is 2.00 bits per heavy atom. The number of hydrogen-bond acceptors (Lipinski definition) is 4. The smallest absolute Gasteiger partial charge is 0.257 e. The quantitative estimate of drug-likeness (QED) is 0.867. The van der Waals surface area contributed by atoms with Crippen LogP contribution in [-0.2, 0) is 0 Å². The highest BCUT2D eigenvalue weighted by Crippen LogP contribution is 2.37. The lowest BCUT2D eigenvalue weighted by atomic mass is 10.1. The molecule has 1 saturated carbocycles. The highest BCUT2D eigenvalue weighted by Gasteiger charge is 2.29. The average molecular weight is 260 g/mol. The van der Waals surface area contributed by atoms with Crippen molar-refractivity contribution in [1.29, 1.82) is 0 Å². The SMILES string of the molecule is C[C@@H]1CN(C(=O)c2cnc(C3CC3)nc2)[C@@H](C)CN1. The summed E-state index contributed by atoms with van der Waals surface area (Å²) in [5.41, 5.74) is 0.602. The number of amides is 1. The highest BCUT2D eigenvalue weighted by molar-refractivity contribution is 5.94. The van der Waals surface area contributed by atoms with Gasteiger partial charge in [0, 0.05) is 43.5 Å². The molecule has 102 valence electrons. The summed E-state index contributed by atoms with van der Waals surface area (Å²) in [6.07, 6.45) is 5.73. The fourth-order valence-electron chi connectivity index (χ4n) is 2.47. The van der Waals surface area contributed by atoms with E-state index < -0.39 is 0 Å². The van der Waals surface area contributed by atoms with Crippen LogP contribution in [0, 0.1) is 0 Å². The molecule has 1 aromatic rings. The standard InChI is InChI=1S/C14H20N4O/c1-9-8-18(10(2)5-15-9)14(19)12-6-16-13(17-7-12)11-3-4-11/h6-7,9-11,15H,3-5,8H2,1-2H3/t9-,10+/m1/s1. The molecule has 5 heteroatoms. The van der Waals surface area contributed by atoms with Crippen LogP contribution in [0.3, 0.4) is 0 Å². The summed E-state index contributed by atoms with van der Waals surface area (Å²) in [5, 5.41) is 3.38. The lowest BCUT2D eigenvalue weighted by molar-refractivity contribution is 0.0615. The van der Waals surface area contributed by atoms with Crippen LogP contribution in [0.25, 0.3) is 0 Å². The van der Waals surface area contributed by atoms with E-state index in [9.17, 15) is 4.79 Å². The summed E-state index contributed by atoms with van der Waals surface area (Å²) in [7, 11) is 0. The molecule has 1 aliphatic heterocycles. The number of hydrogen-bond donors (Lipinski definition) is 1. The maximum atomic E-state index is 12.5. The molecule has 0 unspecified atom stereocenters. The van der Waals surface area contributed by atoms with Gasteiger partial charge in [0.2, 0.25) is 0 Å². The van der Waals surface area contributed by atoms with Crippen molar-refractivity contribution in [2.45, 2.75) is 44.7 Å². The highest BCUT2D eigenvalue weighted by atomic mass is 16.2. The van der Waals surface area contributed by atoms with Crippen molar-refractivity contribution in [1.82, 2.24) is 20.2 Å². The monoisotopic (exact) mass is 260 g/mol. The molecular formula is C14H20N4O. The summed E-state index contributed by atoms with van der Waals surface area (Å²) in [5.74, 6) is 1.46. The Kier molecular flexibility index (Phi) is 3.22. The Balaban J connectivity index is 1.74. The molecule has 1 saturated heterocycles. The zero-order chi connectivity index (χ0) is 13.4. The zero-order valence-electron chi connectivity index (χ0n) is 11.5. The first kappa shape index (κ1) is 12.5. The van der Waals surface area contributed by atoms with Crippen LogP contribution < -0.4 is 5.32 Å². The first-order valence-electron chi connectivity index (χ1n) is 7.01. The number of rotatable bonds is 2. The van der Waals surface area contributed by atoms with E-state index in [0.29, 0.717) is 17.5 Å². The summed E-state index contributed by atoms with van der Waals surface area (Å²) >= 11 is 0. The third-order valence-corrected chi connectivity index (χ3v) is 3.89. The van der Waals surface area contributed by atoms with Crippen LogP contribution in [0.4, 0.5) is 0 Å². The van der Waals surface area contributed by atoms with Crippen LogP contribution in [0.5, 0.6) is 0 Å². The fourth-order valence-corrected chi connectivity index (χ4v) is 2.47. The molecule has 19 heavy (non-hydrogen) atoms. The molecule has 1 aliphatic carbocycles. The minimum Gasteiger partial charge on any atom is -0.333 e. The number of aromatic nitrogens is 2. The summed E-state index contributed by atoms with van der Waals surface area (Å²) in [6, 6.07) is 0.554. The summed E-state index contributed by atoms with van der Waals surface area (Å²) in [6.45, 7) is 5.74. The zero-order valence-corrected chi connectivity index (χ0v) is 11.5. The van der Waals surface area contributed by atoms with Gasteiger partial charge in [-0.15, -0.1) is 0 Å². The van der Waals surface area contributed by atoms with E-state index in [1.165, 1.54) is 12.8 Å². The lowest BCUT2D eigenvalue weighted by Gasteiger charge is -2.37. The molecule has 2 atom stereocenters. The van der Waals surface area contributed by atoms with Crippen molar-refractivity contribution in [2.24, 2.45) is 0 Å². The third-order valence-electron chi connectivity index (χ3n) is 3.89. The minimum absolute atomic E-state index is 0.0446. The maximum Gasteiger partial charge on any atom is 0.257 e. The molecular weight excluding hydrogens is 240 g/mol. The van der Waals surface area contributed by atoms with Crippen LogP contribution in [0.1, 0.15) is 48.8 Å². The number of nitrogens with zero attached hydrogens (tertiary/aromatic N) is 3. The molecule has 0 aromatic carbocycles. The lowest BCUT2D eigenvalue weighted by Crippen LogP contribution is -2.56. The van der Waals surface area contributed by atoms with Gasteiger partial charge in [-0.25, -0.2) is 9.97 Å². The van der Waals surface area contributed by atoms with Crippen LogP contribution in [0.2, 0.25) is 0 Å². The fraction of sp³-hybridized carbons (Fsp3) is 0.643. The van der Waals surface area contributed by atoms with Crippen molar-refractivity contribution < 1.29 is 4.79 Å². The molecule has 3 rings (SSSR count). The second kappa shape index (κ2) is 4.89. The van der Waals surface area contributed by atoms with Crippen LogP contribution >= 0.6 is 0 Å². The van der Waals surface area contributed by atoms with E-state index >= 15 is 0 Å². The second-order valence-corrected chi connectivity index (χ2v) is 5.72. The minimum atomic E-state index is 0.0446. The molecule has 2 fully saturated rings. The van der Waals surface area contributed by atoms with Gasteiger partial charge in [0.15, 0.2) is 0 Å². The topological polar surface area (TPSA) is 58.1 Å². The molecule has 2 heterocycles. The van der Waals surface area contributed by atoms with Crippen molar-refractivity contribution in [2.75, 3.05) is 13.1 Å². The van der Waals surface area contributed by atoms with Gasteiger partial charge in [0.25, 0.3) is 5.91 Å². The van der Waals surface area contributed by atoms with E-state index in [1.54, 1.807) is 12.4 Å². The molecule has 5 nitrogen and oxygen atoms in total. The van der Waals surface area contributed by atoms with E-state index in [0.717, 1.165) is 18.9 Å². The van der Waals surface area contributed by atoms with Gasteiger partial charge in [-0.2, -0.15) is 0 Å². The van der Waals surface area contributed by atoms with Crippen LogP contribution in [-0.4, -0.2) is 45.9 Å². The summed E-state index contributed by atoms with van der Waals surface area (Å²) < 4.78 is 0. The number of nitrogens with one attached hydrogen (secondary N) is 1. The number of carbonyl (C=O) groups excluding carboxylic acids is 1. The number of piperazine rings is 1. The van der Waals surface area contributed by atoms with E-state index in [1.807, 2.05) is 4.90 Å². The Labute approximate surface area is 113 Å². The van der Waals surface area contributed by atoms with Gasteiger partial charge in [0.05, 0.1) is 5.56 Å². The molecule has 0 radical (unpaired) electrons. The van der Waals surface area contributed by atoms with Crippen molar-refractivity contribution in [3.63, 3.8) is 0 Å². The van der Waals surface area contributed by atoms with Gasteiger partial charge in [0.1, 0.15) is 5.82 Å². The Morgan fingerprint density at radius 3 is 2.63 bits per heavy atom. The molecule has 0 spiro atoms. The van der Waals surface area contributed by atoms with Crippen molar-refractivity contribution >= 4 is 5.91 Å². The van der Waals surface area contributed by atoms with Gasteiger partial charge < -0.3 is 10.2 Å². The number of carbonyl (C=O) groups is 1. The van der Waals surface area contributed by atoms with Gasteiger partial charge in [-0.1, -0.05) is 0 Å². The van der Waals surface area contributed by atoms with E-state index in [2.05, 4.69) is 29.1 Å². The van der Waals surface area contributed by atoms with E-state index in [4.69, 9.17) is 0 Å². The van der Waals surface area contributed by atoms with Crippen molar-refractivity contribution in [3.8, 4) is 0 Å². The second-order valence-electron chi connectivity index (χ2n) is 5.72. The summed E-state index contributed by atoms with van der Waals surface area (Å²) in [4.78, 5) is 23.0. The first-order chi connectivity index (χ1) is 9.15. The molecule has 1 amide bonds. The Hall–Kier alpha value is -1.49. The van der Waals surface area contributed by atoms with Crippen LogP contribution in [0.15, 0.2) is 12.4 Å².